The molecule has 170 valence electrons. The van der Waals surface area contributed by atoms with Gasteiger partial charge in [0.15, 0.2) is 0 Å². The summed E-state index contributed by atoms with van der Waals surface area (Å²) >= 11 is 0. The molecule has 31 heavy (non-hydrogen) atoms. The van der Waals surface area contributed by atoms with E-state index in [1.807, 2.05) is 4.57 Å². The van der Waals surface area contributed by atoms with Crippen molar-refractivity contribution in [1.29, 1.82) is 0 Å². The second-order valence-electron chi connectivity index (χ2n) is 9.91. The fourth-order valence-electron chi connectivity index (χ4n) is 5.26. The van der Waals surface area contributed by atoms with Crippen molar-refractivity contribution in [3.05, 3.63) is 28.3 Å². The van der Waals surface area contributed by atoms with E-state index < -0.39 is 0 Å². The van der Waals surface area contributed by atoms with Gasteiger partial charge in [0.25, 0.3) is 5.56 Å². The van der Waals surface area contributed by atoms with E-state index in [-0.39, 0.29) is 23.7 Å². The second-order valence-corrected chi connectivity index (χ2v) is 9.91. The summed E-state index contributed by atoms with van der Waals surface area (Å²) < 4.78 is 1.95. The Hall–Kier alpha value is -1.99. The van der Waals surface area contributed by atoms with Crippen LogP contribution in [0.2, 0.25) is 0 Å². The third-order valence-corrected chi connectivity index (χ3v) is 6.84. The van der Waals surface area contributed by atoms with Gasteiger partial charge in [-0.3, -0.25) is 4.79 Å². The number of piperidine rings is 1. The van der Waals surface area contributed by atoms with Crippen LogP contribution in [0.4, 0.5) is 5.95 Å². The fourth-order valence-corrected chi connectivity index (χ4v) is 5.26. The van der Waals surface area contributed by atoms with Crippen LogP contribution in [0, 0.1) is 5.92 Å². The maximum Gasteiger partial charge on any atom is 0.261 e. The summed E-state index contributed by atoms with van der Waals surface area (Å²) in [7, 11) is 0. The topological polar surface area (TPSA) is 92.1 Å². The largest absolute Gasteiger partial charge is 0.393 e. The van der Waals surface area contributed by atoms with Crippen LogP contribution in [0.1, 0.15) is 83.2 Å². The molecule has 1 aliphatic heterocycles. The summed E-state index contributed by atoms with van der Waals surface area (Å²) in [6.07, 6.45) is 10.0. The van der Waals surface area contributed by atoms with Gasteiger partial charge in [0.05, 0.1) is 17.0 Å². The Kier molecular flexibility index (Phi) is 6.92. The monoisotopic (exact) mass is 427 g/mol. The summed E-state index contributed by atoms with van der Waals surface area (Å²) in [5.74, 6) is 1.50. The highest BCUT2D eigenvalue weighted by Gasteiger charge is 2.26. The van der Waals surface area contributed by atoms with Crippen LogP contribution >= 0.6 is 0 Å². The van der Waals surface area contributed by atoms with Gasteiger partial charge >= 0.3 is 0 Å². The molecule has 2 aromatic rings. The van der Waals surface area contributed by atoms with E-state index in [2.05, 4.69) is 42.6 Å². The molecule has 0 bridgehead atoms. The Labute approximate surface area is 184 Å². The van der Waals surface area contributed by atoms with Gasteiger partial charge in [-0.15, -0.1) is 0 Å². The minimum Gasteiger partial charge on any atom is -0.393 e. The number of anilines is 1. The molecule has 1 unspecified atom stereocenters. The van der Waals surface area contributed by atoms with Crippen molar-refractivity contribution in [2.24, 2.45) is 5.92 Å². The highest BCUT2D eigenvalue weighted by atomic mass is 16.3. The third-order valence-electron chi connectivity index (χ3n) is 6.84. The van der Waals surface area contributed by atoms with Crippen LogP contribution in [0.25, 0.3) is 10.9 Å². The number of hydrogen-bond donors (Lipinski definition) is 3. The molecule has 3 N–H and O–H groups in total. The maximum absolute atomic E-state index is 13.4. The molecule has 2 aromatic heterocycles. The Morgan fingerprint density at radius 1 is 1.16 bits per heavy atom. The molecular weight excluding hydrogens is 390 g/mol. The van der Waals surface area contributed by atoms with Crippen molar-refractivity contribution in [3.8, 4) is 0 Å². The molecule has 0 radical (unpaired) electrons. The zero-order valence-electron chi connectivity index (χ0n) is 19.1. The summed E-state index contributed by atoms with van der Waals surface area (Å²) in [5, 5.41) is 17.4. The number of aliphatic hydroxyl groups excluding tert-OH is 1. The third kappa shape index (κ3) is 5.09. The first-order chi connectivity index (χ1) is 14.9. The average Bonchev–Trinajstić information content (AvgIpc) is 2.75. The lowest BCUT2D eigenvalue weighted by Crippen LogP contribution is -2.35. The van der Waals surface area contributed by atoms with Crippen molar-refractivity contribution in [3.63, 3.8) is 0 Å². The number of pyridine rings is 1. The van der Waals surface area contributed by atoms with Crippen molar-refractivity contribution >= 4 is 16.9 Å². The average molecular weight is 428 g/mol. The lowest BCUT2D eigenvalue weighted by Gasteiger charge is -2.29. The van der Waals surface area contributed by atoms with Gasteiger partial charge in [-0.25, -0.2) is 9.97 Å². The molecule has 0 amide bonds. The number of hydrogen-bond acceptors (Lipinski definition) is 6. The van der Waals surface area contributed by atoms with E-state index in [0.29, 0.717) is 23.2 Å². The zero-order valence-corrected chi connectivity index (χ0v) is 19.1. The molecule has 3 heterocycles. The quantitative estimate of drug-likeness (QED) is 0.653. The molecule has 0 spiro atoms. The van der Waals surface area contributed by atoms with Crippen molar-refractivity contribution in [2.45, 2.75) is 89.8 Å². The zero-order chi connectivity index (χ0) is 22.0. The predicted molar refractivity (Wildman–Crippen MR) is 125 cm³/mol. The van der Waals surface area contributed by atoms with E-state index in [1.165, 1.54) is 0 Å². The van der Waals surface area contributed by atoms with Gasteiger partial charge < -0.3 is 20.3 Å². The van der Waals surface area contributed by atoms with Crippen LogP contribution in [-0.2, 0) is 0 Å². The van der Waals surface area contributed by atoms with E-state index >= 15 is 0 Å². The maximum atomic E-state index is 13.4. The predicted octanol–water partition coefficient (Wildman–Crippen LogP) is 3.58. The number of fused-ring (bicyclic) bond motifs is 1. The minimum absolute atomic E-state index is 0.0169. The molecule has 7 nitrogen and oxygen atoms in total. The smallest absolute Gasteiger partial charge is 0.261 e. The Morgan fingerprint density at radius 2 is 1.87 bits per heavy atom. The summed E-state index contributed by atoms with van der Waals surface area (Å²) in [5.41, 5.74) is 1.94. The summed E-state index contributed by atoms with van der Waals surface area (Å²) in [6.45, 7) is 8.43. The van der Waals surface area contributed by atoms with E-state index in [9.17, 15) is 9.90 Å². The van der Waals surface area contributed by atoms with Crippen molar-refractivity contribution < 1.29 is 5.11 Å². The number of nitrogens with zero attached hydrogens (tertiary/aromatic N) is 3. The molecule has 2 aliphatic rings. The molecule has 4 rings (SSSR count). The molecule has 1 saturated carbocycles. The molecular formula is C24H37N5O2. The summed E-state index contributed by atoms with van der Waals surface area (Å²) in [4.78, 5) is 22.8. The van der Waals surface area contributed by atoms with Crippen LogP contribution in [0.5, 0.6) is 0 Å². The van der Waals surface area contributed by atoms with Crippen molar-refractivity contribution in [2.75, 3.05) is 18.4 Å². The first-order valence-corrected chi connectivity index (χ1v) is 12.0. The van der Waals surface area contributed by atoms with E-state index in [1.54, 1.807) is 6.20 Å². The van der Waals surface area contributed by atoms with Gasteiger partial charge in [-0.1, -0.05) is 13.8 Å². The highest BCUT2D eigenvalue weighted by Crippen LogP contribution is 2.36. The number of aromatic nitrogens is 3. The highest BCUT2D eigenvalue weighted by molar-refractivity contribution is 5.81. The molecule has 1 saturated heterocycles. The van der Waals surface area contributed by atoms with Gasteiger partial charge in [0, 0.05) is 24.5 Å². The molecule has 2 fully saturated rings. The van der Waals surface area contributed by atoms with Crippen LogP contribution < -0.4 is 16.2 Å². The molecule has 7 heteroatoms. The first-order valence-electron chi connectivity index (χ1n) is 12.0. The molecule has 1 atom stereocenters. The number of rotatable bonds is 6. The summed E-state index contributed by atoms with van der Waals surface area (Å²) in [6, 6.07) is 0.482. The first kappa shape index (κ1) is 22.2. The Bertz CT molecular complexity index is 943. The Morgan fingerprint density at radius 3 is 2.55 bits per heavy atom. The van der Waals surface area contributed by atoms with Gasteiger partial charge in [-0.05, 0) is 82.4 Å². The number of nitrogens with one attached hydrogen (secondary N) is 2. The lowest BCUT2D eigenvalue weighted by molar-refractivity contribution is 0.122. The lowest BCUT2D eigenvalue weighted by atomic mass is 9.82. The van der Waals surface area contributed by atoms with Crippen LogP contribution in [0.3, 0.4) is 0 Å². The van der Waals surface area contributed by atoms with Gasteiger partial charge in [0.2, 0.25) is 5.95 Å². The van der Waals surface area contributed by atoms with Crippen molar-refractivity contribution in [1.82, 2.24) is 19.9 Å². The van der Waals surface area contributed by atoms with Gasteiger partial charge in [0.1, 0.15) is 0 Å². The standard InChI is InChI=1S/C24H37N5O2/c1-15(2)12-16(3)27-24-26-13-20-22(28-24)21(17-4-6-19(30)7-5-17)14-29(23(20)31)18-8-10-25-11-9-18/h13-19,25,30H,4-12H2,1-3H3,(H,26,27,28). The number of aliphatic hydroxyl groups is 1. The minimum atomic E-state index is -0.207. The van der Waals surface area contributed by atoms with Crippen LogP contribution in [-0.4, -0.2) is 44.9 Å². The SMILES string of the molecule is CC(C)CC(C)Nc1ncc2c(=O)n(C3CCNCC3)cc(C3CCC(O)CC3)c2n1. The molecule has 1 aliphatic carbocycles. The van der Waals surface area contributed by atoms with E-state index in [0.717, 1.165) is 69.1 Å². The van der Waals surface area contributed by atoms with E-state index in [4.69, 9.17) is 4.98 Å². The molecule has 0 aromatic carbocycles. The second kappa shape index (κ2) is 9.65. The fraction of sp³-hybridized carbons (Fsp3) is 0.708. The van der Waals surface area contributed by atoms with Crippen LogP contribution in [0.15, 0.2) is 17.2 Å². The normalized spacial score (nSPS) is 23.9. The Balaban J connectivity index is 1.75. The van der Waals surface area contributed by atoms with Gasteiger partial charge in [-0.2, -0.15) is 0 Å².